The molecule has 0 aliphatic carbocycles. The van der Waals surface area contributed by atoms with Crippen LogP contribution in [-0.4, -0.2) is 24.0 Å². The summed E-state index contributed by atoms with van der Waals surface area (Å²) in [5.74, 6) is 0.722. The van der Waals surface area contributed by atoms with E-state index >= 15 is 0 Å². The molecule has 0 saturated carbocycles. The standard InChI is InChI=1S/C14H12BrNO2S/c15-10-7-11(19-9-10)8-16-5-6-18-13-4-2-1-3-12(13)14(16)17/h1-4,7,9H,5-6,8H2. The van der Waals surface area contributed by atoms with Crippen molar-refractivity contribution in [3.8, 4) is 5.75 Å². The van der Waals surface area contributed by atoms with Crippen LogP contribution in [0.4, 0.5) is 0 Å². The van der Waals surface area contributed by atoms with Crippen molar-refractivity contribution in [1.82, 2.24) is 4.90 Å². The first-order valence-corrected chi connectivity index (χ1v) is 7.65. The zero-order valence-electron chi connectivity index (χ0n) is 10.1. The smallest absolute Gasteiger partial charge is 0.258 e. The number of carbonyl (C=O) groups excluding carboxylic acids is 1. The van der Waals surface area contributed by atoms with Crippen molar-refractivity contribution in [2.24, 2.45) is 0 Å². The van der Waals surface area contributed by atoms with Crippen molar-refractivity contribution in [2.45, 2.75) is 6.54 Å². The van der Waals surface area contributed by atoms with Crippen LogP contribution in [-0.2, 0) is 6.54 Å². The number of para-hydroxylation sites is 1. The van der Waals surface area contributed by atoms with E-state index in [1.54, 1.807) is 11.3 Å². The highest BCUT2D eigenvalue weighted by molar-refractivity contribution is 9.10. The Bertz CT molecular complexity index is 611. The Kier molecular flexibility index (Phi) is 3.57. The molecule has 0 bridgehead atoms. The van der Waals surface area contributed by atoms with Gasteiger partial charge in [-0.3, -0.25) is 4.79 Å². The molecule has 0 unspecified atom stereocenters. The van der Waals surface area contributed by atoms with Gasteiger partial charge in [-0.05, 0) is 34.1 Å². The van der Waals surface area contributed by atoms with Crippen molar-refractivity contribution in [2.75, 3.05) is 13.2 Å². The van der Waals surface area contributed by atoms with E-state index in [4.69, 9.17) is 4.74 Å². The molecular weight excluding hydrogens is 326 g/mol. The Labute approximate surface area is 123 Å². The molecule has 2 aromatic rings. The van der Waals surface area contributed by atoms with E-state index in [-0.39, 0.29) is 5.91 Å². The van der Waals surface area contributed by atoms with Gasteiger partial charge in [-0.25, -0.2) is 0 Å². The molecule has 0 atom stereocenters. The summed E-state index contributed by atoms with van der Waals surface area (Å²) >= 11 is 5.09. The fraction of sp³-hybridized carbons (Fsp3) is 0.214. The number of hydrogen-bond donors (Lipinski definition) is 0. The number of thiophene rings is 1. The maximum absolute atomic E-state index is 12.5. The van der Waals surface area contributed by atoms with Crippen LogP contribution in [0.2, 0.25) is 0 Å². The molecule has 1 aliphatic rings. The van der Waals surface area contributed by atoms with Crippen LogP contribution >= 0.6 is 27.3 Å². The van der Waals surface area contributed by atoms with Gasteiger partial charge in [0.05, 0.1) is 18.7 Å². The molecule has 3 nitrogen and oxygen atoms in total. The average molecular weight is 338 g/mol. The van der Waals surface area contributed by atoms with Crippen molar-refractivity contribution in [1.29, 1.82) is 0 Å². The monoisotopic (exact) mass is 337 g/mol. The summed E-state index contributed by atoms with van der Waals surface area (Å²) in [5, 5.41) is 2.03. The number of nitrogens with zero attached hydrogens (tertiary/aromatic N) is 1. The summed E-state index contributed by atoms with van der Waals surface area (Å²) in [5.41, 5.74) is 0.649. The third kappa shape index (κ3) is 2.67. The fourth-order valence-corrected chi connectivity index (χ4v) is 3.55. The van der Waals surface area contributed by atoms with E-state index in [0.29, 0.717) is 31.0 Å². The third-order valence-corrected chi connectivity index (χ3v) is 4.67. The molecule has 19 heavy (non-hydrogen) atoms. The maximum atomic E-state index is 12.5. The molecule has 0 saturated heterocycles. The largest absolute Gasteiger partial charge is 0.491 e. The molecular formula is C14H12BrNO2S. The summed E-state index contributed by atoms with van der Waals surface area (Å²) in [6, 6.07) is 9.47. The van der Waals surface area contributed by atoms with Crippen LogP contribution in [0.15, 0.2) is 40.2 Å². The van der Waals surface area contributed by atoms with E-state index in [1.165, 1.54) is 4.88 Å². The number of amides is 1. The van der Waals surface area contributed by atoms with Gasteiger partial charge in [0.25, 0.3) is 5.91 Å². The Balaban J connectivity index is 1.85. The first kappa shape index (κ1) is 12.7. The summed E-state index contributed by atoms with van der Waals surface area (Å²) < 4.78 is 6.69. The minimum absolute atomic E-state index is 0.0395. The van der Waals surface area contributed by atoms with Gasteiger partial charge >= 0.3 is 0 Å². The van der Waals surface area contributed by atoms with Gasteiger partial charge in [0.2, 0.25) is 0 Å². The summed E-state index contributed by atoms with van der Waals surface area (Å²) in [4.78, 5) is 15.5. The first-order chi connectivity index (χ1) is 9.24. The molecule has 0 radical (unpaired) electrons. The molecule has 5 heteroatoms. The van der Waals surface area contributed by atoms with E-state index in [2.05, 4.69) is 22.0 Å². The van der Waals surface area contributed by atoms with E-state index in [9.17, 15) is 4.79 Å². The molecule has 2 heterocycles. The summed E-state index contributed by atoms with van der Waals surface area (Å²) in [6.45, 7) is 1.78. The number of halogens is 1. The van der Waals surface area contributed by atoms with Crippen LogP contribution < -0.4 is 4.74 Å². The second-order valence-corrected chi connectivity index (χ2v) is 6.21. The predicted octanol–water partition coefficient (Wildman–Crippen LogP) is 3.55. The molecule has 0 spiro atoms. The normalized spacial score (nSPS) is 14.8. The highest BCUT2D eigenvalue weighted by Gasteiger charge is 2.23. The molecule has 0 N–H and O–H groups in total. The first-order valence-electron chi connectivity index (χ1n) is 5.98. The molecule has 1 aliphatic heterocycles. The topological polar surface area (TPSA) is 29.5 Å². The van der Waals surface area contributed by atoms with Gasteiger partial charge in [-0.1, -0.05) is 12.1 Å². The molecule has 1 aromatic carbocycles. The zero-order valence-corrected chi connectivity index (χ0v) is 12.5. The lowest BCUT2D eigenvalue weighted by molar-refractivity contribution is 0.0744. The molecule has 0 fully saturated rings. The average Bonchev–Trinajstić information content (AvgIpc) is 2.75. The number of rotatable bonds is 2. The van der Waals surface area contributed by atoms with E-state index in [0.717, 1.165) is 4.47 Å². The van der Waals surface area contributed by atoms with Gasteiger partial charge in [-0.15, -0.1) is 11.3 Å². The van der Waals surface area contributed by atoms with E-state index in [1.807, 2.05) is 34.5 Å². The quantitative estimate of drug-likeness (QED) is 0.838. The van der Waals surface area contributed by atoms with Gasteiger partial charge in [0.15, 0.2) is 0 Å². The Morgan fingerprint density at radius 2 is 2.21 bits per heavy atom. The number of hydrogen-bond acceptors (Lipinski definition) is 3. The van der Waals surface area contributed by atoms with Gasteiger partial charge in [0.1, 0.15) is 12.4 Å². The van der Waals surface area contributed by atoms with Gasteiger partial charge in [-0.2, -0.15) is 0 Å². The highest BCUT2D eigenvalue weighted by atomic mass is 79.9. The van der Waals surface area contributed by atoms with Crippen LogP contribution in [0.25, 0.3) is 0 Å². The Hall–Kier alpha value is -1.33. The van der Waals surface area contributed by atoms with Crippen LogP contribution in [0.3, 0.4) is 0 Å². The number of ether oxygens (including phenoxy) is 1. The third-order valence-electron chi connectivity index (χ3n) is 2.99. The Morgan fingerprint density at radius 1 is 1.37 bits per heavy atom. The van der Waals surface area contributed by atoms with Crippen molar-refractivity contribution in [3.63, 3.8) is 0 Å². The lowest BCUT2D eigenvalue weighted by atomic mass is 10.2. The number of carbonyl (C=O) groups is 1. The molecule has 1 amide bonds. The summed E-state index contributed by atoms with van der Waals surface area (Å²) in [6.07, 6.45) is 0. The molecule has 1 aromatic heterocycles. The minimum Gasteiger partial charge on any atom is -0.491 e. The van der Waals surface area contributed by atoms with Crippen LogP contribution in [0.1, 0.15) is 15.2 Å². The number of fused-ring (bicyclic) bond motifs is 1. The minimum atomic E-state index is 0.0395. The zero-order chi connectivity index (χ0) is 13.2. The fourth-order valence-electron chi connectivity index (χ4n) is 2.08. The highest BCUT2D eigenvalue weighted by Crippen LogP contribution is 2.26. The molecule has 98 valence electrons. The lowest BCUT2D eigenvalue weighted by Crippen LogP contribution is -2.31. The second-order valence-electron chi connectivity index (χ2n) is 4.30. The van der Waals surface area contributed by atoms with Crippen molar-refractivity contribution in [3.05, 3.63) is 50.6 Å². The van der Waals surface area contributed by atoms with Gasteiger partial charge < -0.3 is 9.64 Å². The van der Waals surface area contributed by atoms with Crippen molar-refractivity contribution >= 4 is 33.2 Å². The van der Waals surface area contributed by atoms with Gasteiger partial charge in [0, 0.05) is 14.7 Å². The van der Waals surface area contributed by atoms with Crippen LogP contribution in [0, 0.1) is 0 Å². The van der Waals surface area contributed by atoms with Crippen LogP contribution in [0.5, 0.6) is 5.75 Å². The lowest BCUT2D eigenvalue weighted by Gasteiger charge is -2.18. The van der Waals surface area contributed by atoms with Crippen molar-refractivity contribution < 1.29 is 9.53 Å². The summed E-state index contributed by atoms with van der Waals surface area (Å²) in [7, 11) is 0. The Morgan fingerprint density at radius 3 is 3.00 bits per heavy atom. The maximum Gasteiger partial charge on any atom is 0.258 e. The van der Waals surface area contributed by atoms with E-state index < -0.39 is 0 Å². The SMILES string of the molecule is O=C1c2ccccc2OCCN1Cc1cc(Br)cs1. The molecule has 3 rings (SSSR count). The predicted molar refractivity (Wildman–Crippen MR) is 78.7 cm³/mol. The number of benzene rings is 1. The second kappa shape index (κ2) is 5.35.